The molecule has 0 spiro atoms. The Morgan fingerprint density at radius 2 is 0.975 bits per heavy atom. The zero-order chi connectivity index (χ0) is 30.1. The summed E-state index contributed by atoms with van der Waals surface area (Å²) in [5.74, 6) is 2.99. The molecule has 0 unspecified atom stereocenters. The number of rotatable bonds is 5. The smallest absolute Gasteiger partial charge is 0.129 e. The molecule has 216 valence electrons. The van der Waals surface area contributed by atoms with Gasteiger partial charge in [0.25, 0.3) is 0 Å². The normalized spacial score (nSPS) is 10.3. The van der Waals surface area contributed by atoms with Crippen LogP contribution in [0.1, 0.15) is 101 Å². The van der Waals surface area contributed by atoms with E-state index in [1.165, 1.54) is 34.4 Å². The number of hydrogen-bond acceptors (Lipinski definition) is 3. The summed E-state index contributed by atoms with van der Waals surface area (Å²) in [5, 5.41) is 0.575. The van der Waals surface area contributed by atoms with Crippen molar-refractivity contribution < 1.29 is 9.13 Å². The maximum atomic E-state index is 12.4. The highest BCUT2D eigenvalue weighted by atomic mass is 35.5. The van der Waals surface area contributed by atoms with Crippen LogP contribution in [0, 0.1) is 5.82 Å². The van der Waals surface area contributed by atoms with E-state index in [0.717, 1.165) is 5.75 Å². The molecule has 0 saturated carbocycles. The average Bonchev–Trinajstić information content (AvgIpc) is 2.95. The molecule has 0 amide bonds. The number of methoxy groups -OCH3 is 1. The van der Waals surface area contributed by atoms with Crippen LogP contribution < -0.4 is 4.74 Å². The van der Waals surface area contributed by atoms with Gasteiger partial charge >= 0.3 is 0 Å². The molecule has 4 rings (SSSR count). The Balaban J connectivity index is 0.000000267. The second-order valence-electron chi connectivity index (χ2n) is 10.6. The largest absolute Gasteiger partial charge is 0.497 e. The first kappa shape index (κ1) is 34.8. The minimum Gasteiger partial charge on any atom is -0.497 e. The van der Waals surface area contributed by atoms with Gasteiger partial charge in [0.1, 0.15) is 16.7 Å². The van der Waals surface area contributed by atoms with Gasteiger partial charge in [0.05, 0.1) is 7.11 Å². The number of halogens is 2. The zero-order valence-electron chi connectivity index (χ0n) is 25.5. The highest BCUT2D eigenvalue weighted by Crippen LogP contribution is 2.18. The fraction of sp³-hybridized carbons (Fsp3) is 0.371. The minimum atomic E-state index is -0.163. The third-order valence-corrected chi connectivity index (χ3v) is 6.32. The van der Waals surface area contributed by atoms with Crippen LogP contribution in [0.5, 0.6) is 5.75 Å². The predicted molar refractivity (Wildman–Crippen MR) is 169 cm³/mol. The third-order valence-electron chi connectivity index (χ3n) is 6.11. The van der Waals surface area contributed by atoms with E-state index >= 15 is 0 Å². The third kappa shape index (κ3) is 14.2. The summed E-state index contributed by atoms with van der Waals surface area (Å²) in [5.41, 5.74) is 5.12. The summed E-state index contributed by atoms with van der Waals surface area (Å²) in [6.45, 7) is 17.2. The Kier molecular flexibility index (Phi) is 16.5. The van der Waals surface area contributed by atoms with Crippen molar-refractivity contribution in [3.63, 3.8) is 0 Å². The number of aromatic nitrogens is 2. The SMILES string of the molecule is CC(C)c1ccc(F)cc1.CC(C)c1ccnc(Cl)c1.CC(C)c1ccncc1.COc1ccc(C(C)C)cc1. The van der Waals surface area contributed by atoms with Crippen LogP contribution in [-0.4, -0.2) is 17.1 Å². The standard InChI is InChI=1S/C10H14O.C9H11F.C8H10ClN.C8H11N/c1-8(2)9-4-6-10(11-3)7-5-9;1-7(2)8-3-5-9(10)6-4-8;1-6(2)7-3-4-10-8(9)5-7;1-7(2)8-3-5-9-6-4-8/h4-8H,1-3H3;3-7H,1-2H3;3-6H,1-2H3;3-7H,1-2H3. The van der Waals surface area contributed by atoms with Crippen LogP contribution in [0.4, 0.5) is 4.39 Å². The Bertz CT molecular complexity index is 1190. The molecule has 0 saturated heterocycles. The Hall–Kier alpha value is -3.24. The van der Waals surface area contributed by atoms with Gasteiger partial charge in [0.2, 0.25) is 0 Å². The molecule has 5 heteroatoms. The Morgan fingerprint density at radius 1 is 0.575 bits per heavy atom. The quantitative estimate of drug-likeness (QED) is 0.226. The van der Waals surface area contributed by atoms with E-state index in [4.69, 9.17) is 16.3 Å². The highest BCUT2D eigenvalue weighted by molar-refractivity contribution is 6.29. The topological polar surface area (TPSA) is 35.0 Å². The molecule has 0 aliphatic rings. The number of benzene rings is 2. The maximum Gasteiger partial charge on any atom is 0.129 e. The number of pyridine rings is 2. The number of hydrogen-bond donors (Lipinski definition) is 0. The fourth-order valence-electron chi connectivity index (χ4n) is 3.36. The lowest BCUT2D eigenvalue weighted by molar-refractivity contribution is 0.414. The lowest BCUT2D eigenvalue weighted by Crippen LogP contribution is -1.87. The maximum absolute atomic E-state index is 12.4. The molecule has 0 N–H and O–H groups in total. The molecule has 0 bridgehead atoms. The van der Waals surface area contributed by atoms with Gasteiger partial charge in [-0.15, -0.1) is 0 Å². The molecule has 0 aliphatic carbocycles. The van der Waals surface area contributed by atoms with Crippen molar-refractivity contribution in [3.8, 4) is 5.75 Å². The first-order valence-corrected chi connectivity index (χ1v) is 14.2. The zero-order valence-corrected chi connectivity index (χ0v) is 26.3. The minimum absolute atomic E-state index is 0.163. The van der Waals surface area contributed by atoms with Gasteiger partial charge in [0, 0.05) is 18.6 Å². The molecule has 0 fully saturated rings. The van der Waals surface area contributed by atoms with E-state index in [9.17, 15) is 4.39 Å². The van der Waals surface area contributed by atoms with Crippen molar-refractivity contribution in [3.05, 3.63) is 125 Å². The van der Waals surface area contributed by atoms with Gasteiger partial charge in [-0.1, -0.05) is 91.3 Å². The number of ether oxygens (including phenoxy) is 1. The molecular weight excluding hydrogens is 519 g/mol. The summed E-state index contributed by atoms with van der Waals surface area (Å²) in [6.07, 6.45) is 5.39. The van der Waals surface area contributed by atoms with Crippen LogP contribution in [0.25, 0.3) is 0 Å². The summed E-state index contributed by atoms with van der Waals surface area (Å²) in [7, 11) is 1.68. The van der Waals surface area contributed by atoms with Gasteiger partial charge in [-0.3, -0.25) is 4.98 Å². The van der Waals surface area contributed by atoms with Crippen molar-refractivity contribution >= 4 is 11.6 Å². The monoisotopic (exact) mass is 564 g/mol. The van der Waals surface area contributed by atoms with Gasteiger partial charge in [-0.2, -0.15) is 0 Å². The molecule has 2 aromatic carbocycles. The molecule has 40 heavy (non-hydrogen) atoms. The fourth-order valence-corrected chi connectivity index (χ4v) is 3.54. The van der Waals surface area contributed by atoms with Gasteiger partial charge in [0.15, 0.2) is 0 Å². The van der Waals surface area contributed by atoms with Crippen LogP contribution in [-0.2, 0) is 0 Å². The summed E-state index contributed by atoms with van der Waals surface area (Å²) in [6, 6.07) is 22.8. The van der Waals surface area contributed by atoms with Crippen molar-refractivity contribution in [2.45, 2.75) is 79.1 Å². The second kappa shape index (κ2) is 18.9. The molecule has 2 heterocycles. The van der Waals surface area contributed by atoms with Crippen molar-refractivity contribution in [1.82, 2.24) is 9.97 Å². The van der Waals surface area contributed by atoms with Gasteiger partial charge in [-0.25, -0.2) is 9.37 Å². The van der Waals surface area contributed by atoms with E-state index in [1.54, 1.807) is 13.3 Å². The van der Waals surface area contributed by atoms with Crippen LogP contribution in [0.2, 0.25) is 5.15 Å². The van der Waals surface area contributed by atoms with E-state index in [1.807, 2.05) is 60.9 Å². The molecule has 4 aromatic rings. The average molecular weight is 565 g/mol. The van der Waals surface area contributed by atoms with E-state index in [0.29, 0.717) is 28.8 Å². The van der Waals surface area contributed by atoms with Crippen molar-refractivity contribution in [2.75, 3.05) is 7.11 Å². The lowest BCUT2D eigenvalue weighted by Gasteiger charge is -2.05. The summed E-state index contributed by atoms with van der Waals surface area (Å²) in [4.78, 5) is 7.82. The predicted octanol–water partition coefficient (Wildman–Crippen LogP) is 10.8. The molecular formula is C35H46ClFN2O. The van der Waals surface area contributed by atoms with E-state index in [2.05, 4.69) is 77.5 Å². The molecule has 0 aliphatic heterocycles. The summed E-state index contributed by atoms with van der Waals surface area (Å²) < 4.78 is 17.4. The van der Waals surface area contributed by atoms with Gasteiger partial charge < -0.3 is 4.74 Å². The molecule has 3 nitrogen and oxygen atoms in total. The van der Waals surface area contributed by atoms with Gasteiger partial charge in [-0.05, 0) is 94.5 Å². The van der Waals surface area contributed by atoms with Crippen LogP contribution in [0.15, 0.2) is 91.4 Å². The second-order valence-corrected chi connectivity index (χ2v) is 11.0. The Labute approximate surface area is 246 Å². The lowest BCUT2D eigenvalue weighted by atomic mass is 10.0. The van der Waals surface area contributed by atoms with Crippen molar-refractivity contribution in [2.24, 2.45) is 0 Å². The van der Waals surface area contributed by atoms with Crippen LogP contribution in [0.3, 0.4) is 0 Å². The first-order valence-electron chi connectivity index (χ1n) is 13.8. The van der Waals surface area contributed by atoms with Crippen molar-refractivity contribution in [1.29, 1.82) is 0 Å². The van der Waals surface area contributed by atoms with E-state index < -0.39 is 0 Å². The molecule has 0 atom stereocenters. The molecule has 2 aromatic heterocycles. The van der Waals surface area contributed by atoms with E-state index in [-0.39, 0.29) is 5.82 Å². The number of nitrogens with zero attached hydrogens (tertiary/aromatic N) is 2. The molecule has 0 radical (unpaired) electrons. The Morgan fingerprint density at radius 3 is 1.32 bits per heavy atom. The summed E-state index contributed by atoms with van der Waals surface area (Å²) >= 11 is 5.68. The van der Waals surface area contributed by atoms with Crippen LogP contribution >= 0.6 is 11.6 Å². The first-order chi connectivity index (χ1) is 18.9. The highest BCUT2D eigenvalue weighted by Gasteiger charge is 1.99.